The Labute approximate surface area is 162 Å². The first-order chi connectivity index (χ1) is 13.5. The Morgan fingerprint density at radius 1 is 1.07 bits per heavy atom. The number of ether oxygens (including phenoxy) is 2. The van der Waals surface area contributed by atoms with Crippen LogP contribution in [0.5, 0.6) is 11.5 Å². The SMILES string of the molecule is CCOc1ccc(C(=O)Nc2ccc(C(=O)c3nccn3C)cc2)cc1OC. The molecule has 3 rings (SSSR count). The van der Waals surface area contributed by atoms with Crippen molar-refractivity contribution in [3.05, 3.63) is 71.8 Å². The number of nitrogens with one attached hydrogen (secondary N) is 1. The minimum atomic E-state index is -0.287. The van der Waals surface area contributed by atoms with E-state index in [1.165, 1.54) is 7.11 Å². The predicted octanol–water partition coefficient (Wildman–Crippen LogP) is 3.31. The molecule has 1 amide bonds. The van der Waals surface area contributed by atoms with Crippen LogP contribution in [-0.4, -0.2) is 35.0 Å². The number of rotatable bonds is 7. The van der Waals surface area contributed by atoms with E-state index in [9.17, 15) is 9.59 Å². The van der Waals surface area contributed by atoms with Gasteiger partial charge in [0.1, 0.15) is 0 Å². The Morgan fingerprint density at radius 3 is 2.39 bits per heavy atom. The Bertz CT molecular complexity index is 993. The van der Waals surface area contributed by atoms with Crippen LogP contribution in [0.2, 0.25) is 0 Å². The Balaban J connectivity index is 1.73. The van der Waals surface area contributed by atoms with Crippen LogP contribution in [0.1, 0.15) is 33.5 Å². The van der Waals surface area contributed by atoms with Gasteiger partial charge in [-0.2, -0.15) is 0 Å². The molecule has 1 N–H and O–H groups in total. The molecule has 7 nitrogen and oxygen atoms in total. The van der Waals surface area contributed by atoms with E-state index in [-0.39, 0.29) is 11.7 Å². The fourth-order valence-corrected chi connectivity index (χ4v) is 2.71. The molecule has 2 aromatic carbocycles. The van der Waals surface area contributed by atoms with Crippen LogP contribution in [0.15, 0.2) is 54.9 Å². The van der Waals surface area contributed by atoms with Crippen molar-refractivity contribution in [1.82, 2.24) is 9.55 Å². The van der Waals surface area contributed by atoms with Gasteiger partial charge in [0.05, 0.1) is 13.7 Å². The van der Waals surface area contributed by atoms with Gasteiger partial charge in [0.25, 0.3) is 5.91 Å². The Morgan fingerprint density at radius 2 is 1.79 bits per heavy atom. The minimum Gasteiger partial charge on any atom is -0.493 e. The van der Waals surface area contributed by atoms with Crippen LogP contribution >= 0.6 is 0 Å². The lowest BCUT2D eigenvalue weighted by molar-refractivity contribution is 0.102. The van der Waals surface area contributed by atoms with Crippen molar-refractivity contribution in [2.45, 2.75) is 6.92 Å². The van der Waals surface area contributed by atoms with Crippen molar-refractivity contribution < 1.29 is 19.1 Å². The third-order valence-electron chi connectivity index (χ3n) is 4.15. The molecule has 0 aliphatic rings. The summed E-state index contributed by atoms with van der Waals surface area (Å²) in [6, 6.07) is 11.7. The van der Waals surface area contributed by atoms with Crippen LogP contribution in [0, 0.1) is 0 Å². The molecular weight excluding hydrogens is 358 g/mol. The monoisotopic (exact) mass is 379 g/mol. The van der Waals surface area contributed by atoms with Gasteiger partial charge in [-0.15, -0.1) is 0 Å². The highest BCUT2D eigenvalue weighted by molar-refractivity contribution is 6.08. The fraction of sp³-hybridized carbons (Fsp3) is 0.190. The van der Waals surface area contributed by atoms with Gasteiger partial charge in [-0.1, -0.05) is 0 Å². The molecule has 0 unspecified atom stereocenters. The summed E-state index contributed by atoms with van der Waals surface area (Å²) < 4.78 is 12.4. The van der Waals surface area contributed by atoms with E-state index >= 15 is 0 Å². The van der Waals surface area contributed by atoms with Gasteiger partial charge in [0.2, 0.25) is 5.78 Å². The number of aryl methyl sites for hydroxylation is 1. The minimum absolute atomic E-state index is 0.179. The zero-order chi connectivity index (χ0) is 20.1. The van der Waals surface area contributed by atoms with Gasteiger partial charge in [-0.3, -0.25) is 9.59 Å². The number of nitrogens with zero attached hydrogens (tertiary/aromatic N) is 2. The molecule has 0 atom stereocenters. The highest BCUT2D eigenvalue weighted by Crippen LogP contribution is 2.28. The maximum absolute atomic E-state index is 12.5. The van der Waals surface area contributed by atoms with Crippen LogP contribution in [0.25, 0.3) is 0 Å². The van der Waals surface area contributed by atoms with Crippen molar-refractivity contribution >= 4 is 17.4 Å². The molecule has 0 fully saturated rings. The number of hydrogen-bond donors (Lipinski definition) is 1. The number of hydrogen-bond acceptors (Lipinski definition) is 5. The van der Waals surface area contributed by atoms with Crippen molar-refractivity contribution in [3.8, 4) is 11.5 Å². The summed E-state index contributed by atoms with van der Waals surface area (Å²) in [7, 11) is 3.29. The number of carbonyl (C=O) groups excluding carboxylic acids is 2. The fourth-order valence-electron chi connectivity index (χ4n) is 2.71. The molecule has 0 saturated heterocycles. The molecule has 7 heteroatoms. The highest BCUT2D eigenvalue weighted by atomic mass is 16.5. The molecular formula is C21H21N3O4. The van der Waals surface area contributed by atoms with Gasteiger partial charge >= 0.3 is 0 Å². The third-order valence-corrected chi connectivity index (χ3v) is 4.15. The molecule has 0 aliphatic heterocycles. The summed E-state index contributed by atoms with van der Waals surface area (Å²) in [5, 5.41) is 2.81. The number of carbonyl (C=O) groups is 2. The van der Waals surface area contributed by atoms with Gasteiger partial charge in [0, 0.05) is 36.3 Å². The second-order valence-electron chi connectivity index (χ2n) is 6.02. The van der Waals surface area contributed by atoms with Crippen LogP contribution in [0.4, 0.5) is 5.69 Å². The average molecular weight is 379 g/mol. The molecule has 1 aromatic heterocycles. The molecule has 3 aromatic rings. The van der Waals surface area contributed by atoms with Gasteiger partial charge < -0.3 is 19.4 Å². The molecule has 28 heavy (non-hydrogen) atoms. The van der Waals surface area contributed by atoms with Crippen LogP contribution in [0.3, 0.4) is 0 Å². The smallest absolute Gasteiger partial charge is 0.255 e. The summed E-state index contributed by atoms with van der Waals surface area (Å²) in [5.74, 6) is 0.966. The maximum atomic E-state index is 12.5. The summed E-state index contributed by atoms with van der Waals surface area (Å²) >= 11 is 0. The molecule has 0 spiro atoms. The second-order valence-corrected chi connectivity index (χ2v) is 6.02. The lowest BCUT2D eigenvalue weighted by Gasteiger charge is -2.11. The second kappa shape index (κ2) is 8.39. The zero-order valence-corrected chi connectivity index (χ0v) is 15.9. The van der Waals surface area contributed by atoms with E-state index in [0.717, 1.165) is 0 Å². The molecule has 0 saturated carbocycles. The van der Waals surface area contributed by atoms with Crippen LogP contribution < -0.4 is 14.8 Å². The van der Waals surface area contributed by atoms with Crippen molar-refractivity contribution in [2.75, 3.05) is 19.0 Å². The van der Waals surface area contributed by atoms with Gasteiger partial charge in [-0.25, -0.2) is 4.98 Å². The van der Waals surface area contributed by atoms with E-state index in [2.05, 4.69) is 10.3 Å². The topological polar surface area (TPSA) is 82.5 Å². The Kier molecular flexibility index (Phi) is 5.74. The van der Waals surface area contributed by atoms with Crippen LogP contribution in [-0.2, 0) is 7.05 Å². The largest absolute Gasteiger partial charge is 0.493 e. The van der Waals surface area contributed by atoms with Crippen molar-refractivity contribution in [3.63, 3.8) is 0 Å². The highest BCUT2D eigenvalue weighted by Gasteiger charge is 2.15. The summed E-state index contributed by atoms with van der Waals surface area (Å²) in [6.07, 6.45) is 3.29. The first-order valence-corrected chi connectivity index (χ1v) is 8.77. The first-order valence-electron chi connectivity index (χ1n) is 8.77. The third kappa shape index (κ3) is 4.03. The predicted molar refractivity (Wildman–Crippen MR) is 105 cm³/mol. The standard InChI is InChI=1S/C21H21N3O4/c1-4-28-17-10-7-15(13-18(17)27-3)21(26)23-16-8-5-14(6-9-16)19(25)20-22-11-12-24(20)2/h5-13H,4H2,1-3H3,(H,23,26). The Hall–Kier alpha value is -3.61. The summed E-state index contributed by atoms with van der Waals surface area (Å²) in [4.78, 5) is 29.0. The first kappa shape index (κ1) is 19.2. The molecule has 0 radical (unpaired) electrons. The van der Waals surface area contributed by atoms with Gasteiger partial charge in [0.15, 0.2) is 17.3 Å². The lowest BCUT2D eigenvalue weighted by Crippen LogP contribution is -2.13. The maximum Gasteiger partial charge on any atom is 0.255 e. The summed E-state index contributed by atoms with van der Waals surface area (Å²) in [6.45, 7) is 2.38. The number of imidazole rings is 1. The summed E-state index contributed by atoms with van der Waals surface area (Å²) in [5.41, 5.74) is 1.51. The number of aromatic nitrogens is 2. The van der Waals surface area contributed by atoms with Crippen molar-refractivity contribution in [2.24, 2.45) is 7.05 Å². The van der Waals surface area contributed by atoms with E-state index in [0.29, 0.717) is 40.7 Å². The number of methoxy groups -OCH3 is 1. The molecule has 0 bridgehead atoms. The van der Waals surface area contributed by atoms with Gasteiger partial charge in [-0.05, 0) is 49.4 Å². The number of benzene rings is 2. The number of anilines is 1. The number of ketones is 1. The van der Waals surface area contributed by atoms with E-state index in [1.54, 1.807) is 66.5 Å². The zero-order valence-electron chi connectivity index (χ0n) is 15.9. The van der Waals surface area contributed by atoms with E-state index < -0.39 is 0 Å². The quantitative estimate of drug-likeness (QED) is 0.637. The molecule has 1 heterocycles. The van der Waals surface area contributed by atoms with Crippen molar-refractivity contribution in [1.29, 1.82) is 0 Å². The van der Waals surface area contributed by atoms with E-state index in [4.69, 9.17) is 9.47 Å². The van der Waals surface area contributed by atoms with E-state index in [1.807, 2.05) is 6.92 Å². The average Bonchev–Trinajstić information content (AvgIpc) is 3.14. The molecule has 144 valence electrons. The lowest BCUT2D eigenvalue weighted by atomic mass is 10.1. The number of amides is 1. The molecule has 0 aliphatic carbocycles. The normalized spacial score (nSPS) is 10.4.